The lowest BCUT2D eigenvalue weighted by atomic mass is 10.0. The highest BCUT2D eigenvalue weighted by molar-refractivity contribution is 7.90. The van der Waals surface area contributed by atoms with Gasteiger partial charge in [-0.1, -0.05) is 54.6 Å². The number of amides is 3. The third-order valence-corrected chi connectivity index (χ3v) is 6.04. The molecule has 0 heterocycles. The molecule has 3 rings (SSSR count). The second-order valence-corrected chi connectivity index (χ2v) is 8.69. The molecule has 0 aliphatic rings. The lowest BCUT2D eigenvalue weighted by Crippen LogP contribution is -2.52. The summed E-state index contributed by atoms with van der Waals surface area (Å²) in [5, 5.41) is 2.44. The van der Waals surface area contributed by atoms with Crippen molar-refractivity contribution in [1.29, 1.82) is 0 Å². The molecular formula is C23H22FN3O4S. The largest absolute Gasteiger partial charge is 0.329 e. The highest BCUT2D eigenvalue weighted by atomic mass is 32.2. The van der Waals surface area contributed by atoms with Crippen molar-refractivity contribution < 1.29 is 22.4 Å². The molecule has 3 aromatic rings. The maximum atomic E-state index is 13.6. The van der Waals surface area contributed by atoms with Crippen molar-refractivity contribution in [2.75, 3.05) is 11.9 Å². The average Bonchev–Trinajstić information content (AvgIpc) is 2.78. The molecule has 32 heavy (non-hydrogen) atoms. The molecule has 166 valence electrons. The van der Waals surface area contributed by atoms with Gasteiger partial charge in [0.2, 0.25) is 5.91 Å². The number of hydrogen-bond acceptors (Lipinski definition) is 4. The molecule has 0 aliphatic carbocycles. The number of benzene rings is 3. The van der Waals surface area contributed by atoms with Gasteiger partial charge in [-0.25, -0.2) is 22.3 Å². The second-order valence-electron chi connectivity index (χ2n) is 7.01. The Hall–Kier alpha value is -3.72. The van der Waals surface area contributed by atoms with Gasteiger partial charge in [-0.15, -0.1) is 0 Å². The van der Waals surface area contributed by atoms with Crippen molar-refractivity contribution in [2.24, 2.45) is 0 Å². The number of likely N-dealkylation sites (N-methyl/N-ethyl adjacent to an activating group) is 1. The SMILES string of the molecule is CN(C(=O)C(Cc1ccccc1)NC(=O)NS(=O)(=O)c1ccccc1)c1cccc(F)c1. The summed E-state index contributed by atoms with van der Waals surface area (Å²) in [6.45, 7) is 0. The van der Waals surface area contributed by atoms with E-state index in [9.17, 15) is 22.4 Å². The molecule has 0 aromatic heterocycles. The van der Waals surface area contributed by atoms with E-state index in [1.54, 1.807) is 36.4 Å². The van der Waals surface area contributed by atoms with Crippen molar-refractivity contribution in [1.82, 2.24) is 10.0 Å². The molecule has 0 radical (unpaired) electrons. The van der Waals surface area contributed by atoms with Gasteiger partial charge in [-0.2, -0.15) is 0 Å². The van der Waals surface area contributed by atoms with E-state index in [4.69, 9.17) is 0 Å². The zero-order valence-electron chi connectivity index (χ0n) is 17.2. The third kappa shape index (κ3) is 5.92. The third-order valence-electron chi connectivity index (χ3n) is 4.69. The Bertz CT molecular complexity index is 1190. The molecule has 0 spiro atoms. The lowest BCUT2D eigenvalue weighted by Gasteiger charge is -2.25. The normalized spacial score (nSPS) is 11.9. The number of nitrogens with one attached hydrogen (secondary N) is 2. The van der Waals surface area contributed by atoms with Gasteiger partial charge >= 0.3 is 6.03 Å². The smallest absolute Gasteiger partial charge is 0.325 e. The number of carbonyl (C=O) groups excluding carboxylic acids is 2. The summed E-state index contributed by atoms with van der Waals surface area (Å²) in [5.74, 6) is -1.05. The van der Waals surface area contributed by atoms with Crippen molar-refractivity contribution in [3.63, 3.8) is 0 Å². The van der Waals surface area contributed by atoms with Crippen LogP contribution in [0.25, 0.3) is 0 Å². The van der Waals surface area contributed by atoms with Crippen molar-refractivity contribution in [2.45, 2.75) is 17.4 Å². The van der Waals surface area contributed by atoms with Gasteiger partial charge in [0.1, 0.15) is 11.9 Å². The van der Waals surface area contributed by atoms with Crippen LogP contribution in [0.4, 0.5) is 14.9 Å². The first kappa shape index (κ1) is 23.0. The molecule has 9 heteroatoms. The number of carbonyl (C=O) groups is 2. The predicted octanol–water partition coefficient (Wildman–Crippen LogP) is 3.09. The first-order valence-electron chi connectivity index (χ1n) is 9.72. The van der Waals surface area contributed by atoms with E-state index < -0.39 is 33.8 Å². The Morgan fingerprint density at radius 3 is 2.19 bits per heavy atom. The molecule has 3 aromatic carbocycles. The first-order chi connectivity index (χ1) is 15.3. The predicted molar refractivity (Wildman–Crippen MR) is 119 cm³/mol. The Labute approximate surface area is 185 Å². The Morgan fingerprint density at radius 1 is 0.938 bits per heavy atom. The summed E-state index contributed by atoms with van der Waals surface area (Å²) in [6, 6.07) is 19.7. The number of anilines is 1. The van der Waals surface area contributed by atoms with Crippen LogP contribution in [0.5, 0.6) is 0 Å². The Kier molecular flexibility index (Phi) is 7.21. The molecule has 1 atom stereocenters. The number of rotatable bonds is 7. The van der Waals surface area contributed by atoms with Crippen LogP contribution in [0.1, 0.15) is 5.56 Å². The number of urea groups is 1. The molecule has 1 unspecified atom stereocenters. The van der Waals surface area contributed by atoms with E-state index in [0.29, 0.717) is 5.69 Å². The number of nitrogens with zero attached hydrogens (tertiary/aromatic N) is 1. The minimum atomic E-state index is -4.12. The maximum Gasteiger partial charge on any atom is 0.329 e. The molecule has 3 amide bonds. The molecule has 0 saturated heterocycles. The number of sulfonamides is 1. The van der Waals surface area contributed by atoms with Gasteiger partial charge in [0, 0.05) is 19.2 Å². The standard InChI is InChI=1S/C23H22FN3O4S/c1-27(19-12-8-11-18(24)16-19)22(28)21(15-17-9-4-2-5-10-17)25-23(29)26-32(30,31)20-13-6-3-7-14-20/h2-14,16,21H,15H2,1H3,(H2,25,26,29). The molecule has 0 bridgehead atoms. The highest BCUT2D eigenvalue weighted by Crippen LogP contribution is 2.16. The van der Waals surface area contributed by atoms with Crippen molar-refractivity contribution >= 4 is 27.6 Å². The van der Waals surface area contributed by atoms with Gasteiger partial charge in [0.05, 0.1) is 4.90 Å². The summed E-state index contributed by atoms with van der Waals surface area (Å²) < 4.78 is 40.4. The van der Waals surface area contributed by atoms with Crippen LogP contribution in [0.15, 0.2) is 89.8 Å². The maximum absolute atomic E-state index is 13.6. The topological polar surface area (TPSA) is 95.6 Å². The van der Waals surface area contributed by atoms with Gasteiger partial charge in [0.25, 0.3) is 10.0 Å². The zero-order valence-corrected chi connectivity index (χ0v) is 18.1. The molecule has 2 N–H and O–H groups in total. The van der Waals surface area contributed by atoms with Gasteiger partial charge in [-0.05, 0) is 35.9 Å². The number of halogens is 1. The molecule has 7 nitrogen and oxygen atoms in total. The van der Waals surface area contributed by atoms with E-state index in [1.807, 2.05) is 10.8 Å². The van der Waals surface area contributed by atoms with Crippen LogP contribution in [0, 0.1) is 5.82 Å². The minimum Gasteiger partial charge on any atom is -0.325 e. The van der Waals surface area contributed by atoms with Crippen LogP contribution >= 0.6 is 0 Å². The van der Waals surface area contributed by atoms with Crippen LogP contribution in [0.3, 0.4) is 0 Å². The molecular weight excluding hydrogens is 433 g/mol. The van der Waals surface area contributed by atoms with Crippen molar-refractivity contribution in [3.05, 3.63) is 96.3 Å². The summed E-state index contributed by atoms with van der Waals surface area (Å²) >= 11 is 0. The van der Waals surface area contributed by atoms with E-state index in [0.717, 1.165) is 5.56 Å². The average molecular weight is 456 g/mol. The summed E-state index contributed by atoms with van der Waals surface area (Å²) in [7, 11) is -2.66. The number of hydrogen-bond donors (Lipinski definition) is 2. The monoisotopic (exact) mass is 455 g/mol. The first-order valence-corrected chi connectivity index (χ1v) is 11.2. The van der Waals surface area contributed by atoms with E-state index in [-0.39, 0.29) is 11.3 Å². The summed E-state index contributed by atoms with van der Waals surface area (Å²) in [6.07, 6.45) is 0.109. The summed E-state index contributed by atoms with van der Waals surface area (Å²) in [4.78, 5) is 26.8. The fraction of sp³-hybridized carbons (Fsp3) is 0.130. The van der Waals surface area contributed by atoms with E-state index in [1.165, 1.54) is 54.4 Å². The van der Waals surface area contributed by atoms with Crippen molar-refractivity contribution in [3.8, 4) is 0 Å². The fourth-order valence-electron chi connectivity index (χ4n) is 3.06. The van der Waals surface area contributed by atoms with Gasteiger partial charge in [0.15, 0.2) is 0 Å². The molecule has 0 fully saturated rings. The van der Waals surface area contributed by atoms with E-state index >= 15 is 0 Å². The lowest BCUT2D eigenvalue weighted by molar-refractivity contribution is -0.120. The van der Waals surface area contributed by atoms with Crippen LogP contribution in [0.2, 0.25) is 0 Å². The van der Waals surface area contributed by atoms with Gasteiger partial charge < -0.3 is 10.2 Å². The highest BCUT2D eigenvalue weighted by Gasteiger charge is 2.27. The Balaban J connectivity index is 1.81. The quantitative estimate of drug-likeness (QED) is 0.572. The van der Waals surface area contributed by atoms with Gasteiger partial charge in [-0.3, -0.25) is 4.79 Å². The summed E-state index contributed by atoms with van der Waals surface area (Å²) in [5.41, 5.74) is 1.05. The zero-order chi connectivity index (χ0) is 23.1. The van der Waals surface area contributed by atoms with Crippen LogP contribution in [-0.2, 0) is 21.2 Å². The van der Waals surface area contributed by atoms with Crippen LogP contribution in [-0.4, -0.2) is 33.4 Å². The minimum absolute atomic E-state index is 0.0852. The second kappa shape index (κ2) is 10.1. The molecule has 0 saturated carbocycles. The Morgan fingerprint density at radius 2 is 1.56 bits per heavy atom. The van der Waals surface area contributed by atoms with E-state index in [2.05, 4.69) is 5.32 Å². The fourth-order valence-corrected chi connectivity index (χ4v) is 4.00. The van der Waals surface area contributed by atoms with Crippen LogP contribution < -0.4 is 14.9 Å². The molecule has 0 aliphatic heterocycles.